The van der Waals surface area contributed by atoms with Crippen LogP contribution in [0.25, 0.3) is 0 Å². The molecule has 1 amide bonds. The van der Waals surface area contributed by atoms with Crippen LogP contribution >= 0.6 is 0 Å². The summed E-state index contributed by atoms with van der Waals surface area (Å²) >= 11 is 0. The van der Waals surface area contributed by atoms with E-state index in [1.54, 1.807) is 28.6 Å². The van der Waals surface area contributed by atoms with E-state index < -0.39 is 10.0 Å². The van der Waals surface area contributed by atoms with Gasteiger partial charge in [-0.2, -0.15) is 4.31 Å². The van der Waals surface area contributed by atoms with Crippen molar-refractivity contribution in [1.82, 2.24) is 9.62 Å². The van der Waals surface area contributed by atoms with E-state index in [-0.39, 0.29) is 17.4 Å². The number of amides is 1. The topological polar surface area (TPSA) is 66.5 Å². The highest BCUT2D eigenvalue weighted by Crippen LogP contribution is 2.61. The lowest BCUT2D eigenvalue weighted by molar-refractivity contribution is -0.0727. The Morgan fingerprint density at radius 2 is 1.55 bits per heavy atom. The van der Waals surface area contributed by atoms with Crippen molar-refractivity contribution in [2.24, 2.45) is 23.2 Å². The maximum absolute atomic E-state index is 13.1. The van der Waals surface area contributed by atoms with Gasteiger partial charge < -0.3 is 5.32 Å². The minimum Gasteiger partial charge on any atom is -0.349 e. The molecular weight excluding hydrogens is 408 g/mol. The summed E-state index contributed by atoms with van der Waals surface area (Å²) in [4.78, 5) is 13.4. The fraction of sp³-hybridized carbons (Fsp3) is 0.720. The molecule has 6 heteroatoms. The molecule has 6 rings (SSSR count). The first kappa shape index (κ1) is 21.4. The Balaban J connectivity index is 1.29. The molecule has 0 spiro atoms. The summed E-state index contributed by atoms with van der Waals surface area (Å²) in [5.74, 6) is 2.51. The number of nitrogens with one attached hydrogen (secondary N) is 1. The van der Waals surface area contributed by atoms with E-state index in [2.05, 4.69) is 12.2 Å². The van der Waals surface area contributed by atoms with Gasteiger partial charge in [0, 0.05) is 24.7 Å². The first-order valence-electron chi connectivity index (χ1n) is 12.3. The van der Waals surface area contributed by atoms with E-state index >= 15 is 0 Å². The summed E-state index contributed by atoms with van der Waals surface area (Å²) in [5, 5.41) is 3.36. The minimum absolute atomic E-state index is 0.0653. The van der Waals surface area contributed by atoms with Crippen molar-refractivity contribution in [2.75, 3.05) is 13.1 Å². The molecule has 170 valence electrons. The molecule has 1 aliphatic heterocycles. The monoisotopic (exact) mass is 444 g/mol. The first-order chi connectivity index (χ1) is 14.9. The van der Waals surface area contributed by atoms with Crippen LogP contribution < -0.4 is 5.32 Å². The second kappa shape index (κ2) is 8.18. The summed E-state index contributed by atoms with van der Waals surface area (Å²) < 4.78 is 27.3. The molecule has 4 bridgehead atoms. The van der Waals surface area contributed by atoms with Gasteiger partial charge in [-0.25, -0.2) is 8.42 Å². The molecule has 1 aromatic carbocycles. The van der Waals surface area contributed by atoms with Crippen molar-refractivity contribution in [3.8, 4) is 0 Å². The Kier molecular flexibility index (Phi) is 5.66. The smallest absolute Gasteiger partial charge is 0.251 e. The molecule has 1 atom stereocenters. The molecule has 1 N–H and O–H groups in total. The second-order valence-corrected chi connectivity index (χ2v) is 12.6. The van der Waals surface area contributed by atoms with E-state index in [9.17, 15) is 13.2 Å². The molecule has 0 radical (unpaired) electrons. The van der Waals surface area contributed by atoms with Crippen LogP contribution in [0.1, 0.15) is 81.5 Å². The van der Waals surface area contributed by atoms with Crippen LogP contribution in [0.5, 0.6) is 0 Å². The Bertz CT molecular complexity index is 883. The van der Waals surface area contributed by atoms with E-state index in [0.717, 1.165) is 43.4 Å². The molecule has 1 heterocycles. The normalized spacial score (nSPS) is 33.9. The quantitative estimate of drug-likeness (QED) is 0.698. The Morgan fingerprint density at radius 3 is 2.06 bits per heavy atom. The summed E-state index contributed by atoms with van der Waals surface area (Å²) in [7, 11) is -3.46. The van der Waals surface area contributed by atoms with Crippen LogP contribution in [0.2, 0.25) is 0 Å². The van der Waals surface area contributed by atoms with Gasteiger partial charge in [0.2, 0.25) is 10.0 Å². The average molecular weight is 445 g/mol. The highest BCUT2D eigenvalue weighted by Gasteiger charge is 2.54. The van der Waals surface area contributed by atoms with Crippen LogP contribution in [0.4, 0.5) is 0 Å². The Hall–Kier alpha value is -1.40. The summed E-state index contributed by atoms with van der Waals surface area (Å²) in [6.07, 6.45) is 11.9. The van der Waals surface area contributed by atoms with Crippen molar-refractivity contribution in [1.29, 1.82) is 0 Å². The summed E-state index contributed by atoms with van der Waals surface area (Å²) in [5.41, 5.74) is 0.831. The molecule has 5 aliphatic rings. The van der Waals surface area contributed by atoms with Crippen LogP contribution in [0, 0.1) is 23.2 Å². The van der Waals surface area contributed by atoms with Gasteiger partial charge in [0.15, 0.2) is 0 Å². The fourth-order valence-corrected chi connectivity index (χ4v) is 9.08. The van der Waals surface area contributed by atoms with Crippen LogP contribution in [-0.4, -0.2) is 37.8 Å². The van der Waals surface area contributed by atoms with Gasteiger partial charge in [-0.1, -0.05) is 13.3 Å². The van der Waals surface area contributed by atoms with Crippen molar-refractivity contribution in [3.05, 3.63) is 29.8 Å². The van der Waals surface area contributed by atoms with Crippen LogP contribution in [-0.2, 0) is 10.0 Å². The molecule has 4 saturated carbocycles. The van der Waals surface area contributed by atoms with E-state index in [1.165, 1.54) is 38.5 Å². The number of rotatable bonds is 6. The molecule has 1 aromatic rings. The first-order valence-corrected chi connectivity index (χ1v) is 13.7. The zero-order valence-corrected chi connectivity index (χ0v) is 19.5. The molecule has 5 fully saturated rings. The van der Waals surface area contributed by atoms with E-state index in [1.807, 2.05) is 0 Å². The van der Waals surface area contributed by atoms with Crippen LogP contribution in [0.15, 0.2) is 29.2 Å². The standard InChI is InChI=1S/C25H36N2O3S/c1-2-23(25-15-18-12-19(16-25)14-20(13-18)17-25)26-24(28)21-6-8-22(9-7-21)31(29,30)27-10-4-3-5-11-27/h6-9,18-20,23H,2-5,10-17H2,1H3,(H,26,28). The highest BCUT2D eigenvalue weighted by molar-refractivity contribution is 7.89. The van der Waals surface area contributed by atoms with Crippen molar-refractivity contribution in [3.63, 3.8) is 0 Å². The highest BCUT2D eigenvalue weighted by atomic mass is 32.2. The summed E-state index contributed by atoms with van der Waals surface area (Å²) in [6, 6.07) is 6.77. The Morgan fingerprint density at radius 1 is 1.00 bits per heavy atom. The molecule has 5 nitrogen and oxygen atoms in total. The summed E-state index contributed by atoms with van der Waals surface area (Å²) in [6.45, 7) is 3.37. The van der Waals surface area contributed by atoms with Gasteiger partial charge in [-0.05, 0) is 105 Å². The van der Waals surface area contributed by atoms with Crippen molar-refractivity contribution in [2.45, 2.75) is 82.1 Å². The van der Waals surface area contributed by atoms with E-state index in [0.29, 0.717) is 23.5 Å². The van der Waals surface area contributed by atoms with Crippen molar-refractivity contribution >= 4 is 15.9 Å². The van der Waals surface area contributed by atoms with Gasteiger partial charge >= 0.3 is 0 Å². The van der Waals surface area contributed by atoms with Gasteiger partial charge in [0.05, 0.1) is 4.90 Å². The third kappa shape index (κ3) is 3.95. The SMILES string of the molecule is CCC(NC(=O)c1ccc(S(=O)(=O)N2CCCCC2)cc1)C12CC3CC(CC(C3)C1)C2. The zero-order chi connectivity index (χ0) is 21.6. The van der Waals surface area contributed by atoms with Crippen LogP contribution in [0.3, 0.4) is 0 Å². The second-order valence-electron chi connectivity index (χ2n) is 10.7. The third-order valence-electron chi connectivity index (χ3n) is 8.61. The zero-order valence-electron chi connectivity index (χ0n) is 18.7. The number of sulfonamides is 1. The predicted molar refractivity (Wildman–Crippen MR) is 121 cm³/mol. The largest absolute Gasteiger partial charge is 0.349 e. The lowest BCUT2D eigenvalue weighted by Gasteiger charge is -2.59. The van der Waals surface area contributed by atoms with Gasteiger partial charge in [-0.3, -0.25) is 4.79 Å². The number of nitrogens with zero attached hydrogens (tertiary/aromatic N) is 1. The fourth-order valence-electron chi connectivity index (χ4n) is 7.57. The number of piperidine rings is 1. The predicted octanol–water partition coefficient (Wildman–Crippen LogP) is 4.59. The number of hydrogen-bond donors (Lipinski definition) is 1. The number of benzene rings is 1. The number of carbonyl (C=O) groups excluding carboxylic acids is 1. The van der Waals surface area contributed by atoms with Gasteiger partial charge in [0.1, 0.15) is 0 Å². The molecule has 1 unspecified atom stereocenters. The molecular formula is C25H36N2O3S. The van der Waals surface area contributed by atoms with Gasteiger partial charge in [-0.15, -0.1) is 0 Å². The lowest BCUT2D eigenvalue weighted by Crippen LogP contribution is -2.56. The Labute approximate surface area is 187 Å². The molecule has 4 aliphatic carbocycles. The maximum atomic E-state index is 13.1. The van der Waals surface area contributed by atoms with Gasteiger partial charge in [0.25, 0.3) is 5.91 Å². The molecule has 1 saturated heterocycles. The minimum atomic E-state index is -3.46. The average Bonchev–Trinajstić information content (AvgIpc) is 2.77. The number of hydrogen-bond acceptors (Lipinski definition) is 3. The van der Waals surface area contributed by atoms with E-state index in [4.69, 9.17) is 0 Å². The van der Waals surface area contributed by atoms with Crippen molar-refractivity contribution < 1.29 is 13.2 Å². The lowest BCUT2D eigenvalue weighted by atomic mass is 9.47. The molecule has 0 aromatic heterocycles. The maximum Gasteiger partial charge on any atom is 0.251 e. The number of carbonyl (C=O) groups is 1. The molecule has 31 heavy (non-hydrogen) atoms. The third-order valence-corrected chi connectivity index (χ3v) is 10.5.